The van der Waals surface area contributed by atoms with E-state index in [1.165, 1.54) is 32.6 Å². The largest absolute Gasteiger partial charge is 0.309 e. The van der Waals surface area contributed by atoms with Gasteiger partial charge in [-0.05, 0) is 112 Å². The maximum atomic E-state index is 9.42. The number of para-hydroxylation sites is 1. The van der Waals surface area contributed by atoms with Crippen molar-refractivity contribution in [1.29, 1.82) is 5.26 Å². The Morgan fingerprint density at radius 1 is 0.500 bits per heavy atom. The molecule has 252 valence electrons. The zero-order chi connectivity index (χ0) is 36.0. The molecule has 6 aromatic carbocycles. The SMILES string of the molecule is N#Cc1ccc(N(c2ccc(-c3cccnc3)cc2)c2ccc(-c3ccc(-c4ccc5c6c4ccc4cccc(c46)n5-c4ccccc4)cn3)nc2)cc1. The predicted molar refractivity (Wildman–Crippen MR) is 219 cm³/mol. The van der Waals surface area contributed by atoms with Gasteiger partial charge in [-0.1, -0.05) is 72.8 Å². The van der Waals surface area contributed by atoms with Crippen molar-refractivity contribution in [2.45, 2.75) is 0 Å². The number of hydrogen-bond acceptors (Lipinski definition) is 5. The van der Waals surface area contributed by atoms with Crippen LogP contribution in [0.5, 0.6) is 0 Å². The molecule has 54 heavy (non-hydrogen) atoms. The Hall–Kier alpha value is -7.62. The Morgan fingerprint density at radius 3 is 1.93 bits per heavy atom. The number of nitrogens with zero attached hydrogens (tertiary/aromatic N) is 6. The van der Waals surface area contributed by atoms with E-state index in [0.717, 1.165) is 56.4 Å². The van der Waals surface area contributed by atoms with E-state index >= 15 is 0 Å². The molecule has 0 amide bonds. The standard InChI is InChI=1S/C48H30N6/c49-28-32-11-17-38(18-12-32)53(39-19-13-33(14-20-39)35-7-5-27-50-29-35)40-21-25-44(52-31-40)43-24-16-36(30-51-43)41-23-26-46-48-42(41)22-15-34-6-4-10-45(47(34)48)54(46)37-8-2-1-3-9-37/h1-27,29-31H. The van der Waals surface area contributed by atoms with E-state index < -0.39 is 0 Å². The van der Waals surface area contributed by atoms with Crippen LogP contribution in [0.4, 0.5) is 17.1 Å². The topological polar surface area (TPSA) is 70.6 Å². The quantitative estimate of drug-likeness (QED) is 0.156. The van der Waals surface area contributed by atoms with E-state index in [9.17, 15) is 5.26 Å². The Balaban J connectivity index is 0.989. The third-order valence-corrected chi connectivity index (χ3v) is 10.2. The highest BCUT2D eigenvalue weighted by atomic mass is 15.1. The van der Waals surface area contributed by atoms with Gasteiger partial charge in [0.05, 0.1) is 45.9 Å². The lowest BCUT2D eigenvalue weighted by Crippen LogP contribution is -2.10. The summed E-state index contributed by atoms with van der Waals surface area (Å²) in [6.45, 7) is 0. The summed E-state index contributed by atoms with van der Waals surface area (Å²) in [5, 5.41) is 14.4. The number of hydrogen-bond donors (Lipinski definition) is 0. The highest BCUT2D eigenvalue weighted by Gasteiger charge is 2.19. The van der Waals surface area contributed by atoms with Crippen molar-refractivity contribution in [1.82, 2.24) is 19.5 Å². The third-order valence-electron chi connectivity index (χ3n) is 10.2. The van der Waals surface area contributed by atoms with Gasteiger partial charge in [-0.25, -0.2) is 0 Å². The molecule has 6 nitrogen and oxygen atoms in total. The zero-order valence-electron chi connectivity index (χ0n) is 29.0. The Morgan fingerprint density at radius 2 is 1.22 bits per heavy atom. The summed E-state index contributed by atoms with van der Waals surface area (Å²) >= 11 is 0. The first kappa shape index (κ1) is 31.1. The molecular weight excluding hydrogens is 661 g/mol. The van der Waals surface area contributed by atoms with Gasteiger partial charge in [-0.2, -0.15) is 5.26 Å². The fraction of sp³-hybridized carbons (Fsp3) is 0. The van der Waals surface area contributed by atoms with Crippen LogP contribution in [0, 0.1) is 11.3 Å². The fourth-order valence-electron chi connectivity index (χ4n) is 7.64. The first-order chi connectivity index (χ1) is 26.7. The Bertz CT molecular complexity index is 2950. The van der Waals surface area contributed by atoms with Crippen LogP contribution in [0.15, 0.2) is 183 Å². The van der Waals surface area contributed by atoms with Crippen molar-refractivity contribution in [3.8, 4) is 45.4 Å². The number of nitriles is 1. The first-order valence-corrected chi connectivity index (χ1v) is 17.8. The van der Waals surface area contributed by atoms with Crippen molar-refractivity contribution < 1.29 is 0 Å². The van der Waals surface area contributed by atoms with Crippen molar-refractivity contribution in [3.05, 3.63) is 188 Å². The van der Waals surface area contributed by atoms with Gasteiger partial charge in [0.2, 0.25) is 0 Å². The summed E-state index contributed by atoms with van der Waals surface area (Å²) < 4.78 is 2.37. The van der Waals surface area contributed by atoms with Crippen LogP contribution >= 0.6 is 0 Å². The Labute approximate surface area is 311 Å². The smallest absolute Gasteiger partial charge is 0.0991 e. The number of rotatable bonds is 7. The molecule has 0 unspecified atom stereocenters. The minimum absolute atomic E-state index is 0.609. The third kappa shape index (κ3) is 5.23. The van der Waals surface area contributed by atoms with Crippen LogP contribution in [0.3, 0.4) is 0 Å². The summed E-state index contributed by atoms with van der Waals surface area (Å²) in [4.78, 5) is 16.2. The van der Waals surface area contributed by atoms with Gasteiger partial charge in [0, 0.05) is 52.0 Å². The number of aromatic nitrogens is 4. The summed E-state index contributed by atoms with van der Waals surface area (Å²) in [5.74, 6) is 0. The van der Waals surface area contributed by atoms with Crippen molar-refractivity contribution in [3.63, 3.8) is 0 Å². The van der Waals surface area contributed by atoms with Crippen LogP contribution < -0.4 is 4.90 Å². The highest BCUT2D eigenvalue weighted by molar-refractivity contribution is 6.26. The molecule has 0 aliphatic carbocycles. The van der Waals surface area contributed by atoms with Gasteiger partial charge in [0.25, 0.3) is 0 Å². The van der Waals surface area contributed by atoms with Gasteiger partial charge in [0.1, 0.15) is 0 Å². The molecule has 6 heteroatoms. The monoisotopic (exact) mass is 690 g/mol. The maximum absolute atomic E-state index is 9.42. The van der Waals surface area contributed by atoms with Crippen molar-refractivity contribution in [2.75, 3.05) is 4.90 Å². The van der Waals surface area contributed by atoms with Crippen LogP contribution in [0.2, 0.25) is 0 Å². The minimum Gasteiger partial charge on any atom is -0.309 e. The molecule has 0 fully saturated rings. The fourth-order valence-corrected chi connectivity index (χ4v) is 7.64. The summed E-state index contributed by atoms with van der Waals surface area (Å²) in [6, 6.07) is 56.5. The van der Waals surface area contributed by atoms with E-state index in [2.05, 4.69) is 142 Å². The van der Waals surface area contributed by atoms with Gasteiger partial charge < -0.3 is 9.47 Å². The van der Waals surface area contributed by atoms with Crippen LogP contribution in [-0.2, 0) is 0 Å². The molecule has 0 aliphatic rings. The van der Waals surface area contributed by atoms with Crippen molar-refractivity contribution in [2.24, 2.45) is 0 Å². The predicted octanol–water partition coefficient (Wildman–Crippen LogP) is 11.9. The molecule has 10 aromatic rings. The van der Waals surface area contributed by atoms with Crippen LogP contribution in [-0.4, -0.2) is 19.5 Å². The summed E-state index contributed by atoms with van der Waals surface area (Å²) in [5.41, 5.74) is 12.9. The van der Waals surface area contributed by atoms with E-state index in [1.54, 1.807) is 6.20 Å². The minimum atomic E-state index is 0.609. The number of benzene rings is 6. The van der Waals surface area contributed by atoms with Gasteiger partial charge >= 0.3 is 0 Å². The molecule has 4 aromatic heterocycles. The van der Waals surface area contributed by atoms with E-state index in [1.807, 2.05) is 55.0 Å². The maximum Gasteiger partial charge on any atom is 0.0991 e. The lowest BCUT2D eigenvalue weighted by atomic mass is 9.95. The first-order valence-electron chi connectivity index (χ1n) is 17.8. The number of anilines is 3. The number of pyridine rings is 3. The molecule has 0 N–H and O–H groups in total. The average molecular weight is 691 g/mol. The Kier molecular flexibility index (Phi) is 7.41. The molecule has 0 radical (unpaired) electrons. The second-order valence-corrected chi connectivity index (χ2v) is 13.3. The van der Waals surface area contributed by atoms with E-state index in [-0.39, 0.29) is 0 Å². The second kappa shape index (κ2) is 12.9. The van der Waals surface area contributed by atoms with Gasteiger partial charge in [-0.3, -0.25) is 15.0 Å². The molecule has 0 spiro atoms. The molecule has 10 rings (SSSR count). The average Bonchev–Trinajstić information content (AvgIpc) is 3.60. The lowest BCUT2D eigenvalue weighted by Gasteiger charge is -2.25. The molecule has 0 bridgehead atoms. The lowest BCUT2D eigenvalue weighted by molar-refractivity contribution is 1.18. The molecule has 4 heterocycles. The van der Waals surface area contributed by atoms with Crippen LogP contribution in [0.25, 0.3) is 71.9 Å². The zero-order valence-corrected chi connectivity index (χ0v) is 29.0. The van der Waals surface area contributed by atoms with Gasteiger partial charge in [0.15, 0.2) is 0 Å². The normalized spacial score (nSPS) is 11.3. The molecule has 0 aliphatic heterocycles. The molecule has 0 atom stereocenters. The van der Waals surface area contributed by atoms with E-state index in [4.69, 9.17) is 9.97 Å². The molecule has 0 saturated heterocycles. The van der Waals surface area contributed by atoms with Crippen LogP contribution in [0.1, 0.15) is 5.56 Å². The molecular formula is C48H30N6. The molecule has 0 saturated carbocycles. The second-order valence-electron chi connectivity index (χ2n) is 13.3. The van der Waals surface area contributed by atoms with Crippen molar-refractivity contribution >= 4 is 49.6 Å². The van der Waals surface area contributed by atoms with Gasteiger partial charge in [-0.15, -0.1) is 0 Å². The summed E-state index contributed by atoms with van der Waals surface area (Å²) in [6.07, 6.45) is 7.47. The highest BCUT2D eigenvalue weighted by Crippen LogP contribution is 2.42. The van der Waals surface area contributed by atoms with E-state index in [0.29, 0.717) is 5.56 Å². The summed E-state index contributed by atoms with van der Waals surface area (Å²) in [7, 11) is 0.